The van der Waals surface area contributed by atoms with Crippen LogP contribution >= 0.6 is 0 Å². The van der Waals surface area contributed by atoms with Crippen LogP contribution in [0.2, 0.25) is 0 Å². The van der Waals surface area contributed by atoms with Gasteiger partial charge >= 0.3 is 5.97 Å². The van der Waals surface area contributed by atoms with Crippen LogP contribution < -0.4 is 4.74 Å². The minimum atomic E-state index is -0.684. The van der Waals surface area contributed by atoms with Gasteiger partial charge in [-0.05, 0) is 25.5 Å². The summed E-state index contributed by atoms with van der Waals surface area (Å²) in [5, 5.41) is 0. The van der Waals surface area contributed by atoms with Gasteiger partial charge in [-0.2, -0.15) is 0 Å². The van der Waals surface area contributed by atoms with Crippen LogP contribution in [0.3, 0.4) is 0 Å². The molecule has 0 radical (unpaired) electrons. The Morgan fingerprint density at radius 1 is 1.36 bits per heavy atom. The Hall–Kier alpha value is -2.83. The summed E-state index contributed by atoms with van der Waals surface area (Å²) in [7, 11) is 1.32. The average molecular weight is 343 g/mol. The van der Waals surface area contributed by atoms with Crippen LogP contribution in [0.5, 0.6) is 5.75 Å². The number of hydrogen-bond acceptors (Lipinski definition) is 5. The Balaban J connectivity index is 1.73. The van der Waals surface area contributed by atoms with E-state index >= 15 is 0 Å². The van der Waals surface area contributed by atoms with Gasteiger partial charge in [0.2, 0.25) is 0 Å². The van der Waals surface area contributed by atoms with Gasteiger partial charge in [-0.15, -0.1) is 0 Å². The smallest absolute Gasteiger partial charge is 0.329 e. The summed E-state index contributed by atoms with van der Waals surface area (Å²) in [6, 6.07) is 5.09. The lowest BCUT2D eigenvalue weighted by Crippen LogP contribution is -2.50. The van der Waals surface area contributed by atoms with Crippen molar-refractivity contribution in [3.63, 3.8) is 0 Å². The molecule has 1 aliphatic heterocycles. The summed E-state index contributed by atoms with van der Waals surface area (Å²) in [5.41, 5.74) is 3.71. The number of hydrogen-bond donors (Lipinski definition) is 1. The lowest BCUT2D eigenvalue weighted by molar-refractivity contribution is -0.154. The van der Waals surface area contributed by atoms with E-state index in [1.165, 1.54) is 12.0 Å². The Kier molecular flexibility index (Phi) is 4.74. The third kappa shape index (κ3) is 3.50. The molecule has 0 saturated carbocycles. The molecular weight excluding hydrogens is 322 g/mol. The fourth-order valence-corrected chi connectivity index (χ4v) is 3.03. The maximum absolute atomic E-state index is 12.7. The first-order valence-corrected chi connectivity index (χ1v) is 8.08. The molecule has 1 N–H and O–H groups in total. The molecule has 1 unspecified atom stereocenters. The van der Waals surface area contributed by atoms with Crippen LogP contribution in [0.15, 0.2) is 24.5 Å². The predicted octanol–water partition coefficient (Wildman–Crippen LogP) is 1.53. The average Bonchev–Trinajstić information content (AvgIpc) is 3.06. The molecule has 7 nitrogen and oxygen atoms in total. The van der Waals surface area contributed by atoms with Crippen LogP contribution in [0, 0.1) is 13.8 Å². The topological polar surface area (TPSA) is 84.5 Å². The molecule has 2 heterocycles. The van der Waals surface area contributed by atoms with Gasteiger partial charge in [-0.25, -0.2) is 9.78 Å². The summed E-state index contributed by atoms with van der Waals surface area (Å²) >= 11 is 0. The van der Waals surface area contributed by atoms with Crippen LogP contribution in [-0.2, 0) is 27.3 Å². The van der Waals surface area contributed by atoms with Crippen LogP contribution in [0.25, 0.3) is 0 Å². The molecule has 2 aromatic rings. The predicted molar refractivity (Wildman–Crippen MR) is 90.1 cm³/mol. The van der Waals surface area contributed by atoms with Crippen molar-refractivity contribution in [2.75, 3.05) is 13.7 Å². The highest BCUT2D eigenvalue weighted by Gasteiger charge is 2.36. The van der Waals surface area contributed by atoms with E-state index in [1.807, 2.05) is 32.0 Å². The number of rotatable bonds is 4. The maximum atomic E-state index is 12.7. The molecule has 0 fully saturated rings. The van der Waals surface area contributed by atoms with E-state index in [0.717, 1.165) is 22.5 Å². The zero-order valence-corrected chi connectivity index (χ0v) is 14.5. The molecule has 7 heteroatoms. The number of imidazole rings is 1. The second kappa shape index (κ2) is 6.96. The van der Waals surface area contributed by atoms with Gasteiger partial charge in [-0.1, -0.05) is 17.7 Å². The van der Waals surface area contributed by atoms with Gasteiger partial charge in [0, 0.05) is 6.42 Å². The SMILES string of the molecule is COC(=O)C1Cc2nc[nH]c2CN1C(=O)COc1ccc(C)cc1C. The number of aromatic nitrogens is 2. The molecule has 132 valence electrons. The molecule has 3 rings (SSSR count). The van der Waals surface area contributed by atoms with Crippen molar-refractivity contribution in [1.82, 2.24) is 14.9 Å². The van der Waals surface area contributed by atoms with Gasteiger partial charge in [0.05, 0.1) is 31.4 Å². The van der Waals surface area contributed by atoms with Crippen molar-refractivity contribution >= 4 is 11.9 Å². The molecule has 1 atom stereocenters. The number of aryl methyl sites for hydroxylation is 2. The van der Waals surface area contributed by atoms with Crippen molar-refractivity contribution < 1.29 is 19.1 Å². The van der Waals surface area contributed by atoms with Gasteiger partial charge in [0.1, 0.15) is 11.8 Å². The second-order valence-electron chi connectivity index (χ2n) is 6.15. The fraction of sp³-hybridized carbons (Fsp3) is 0.389. The Morgan fingerprint density at radius 2 is 2.16 bits per heavy atom. The molecule has 25 heavy (non-hydrogen) atoms. The molecule has 0 aliphatic carbocycles. The Bertz CT molecular complexity index is 799. The number of H-pyrrole nitrogens is 1. The van der Waals surface area contributed by atoms with Gasteiger partial charge in [0.25, 0.3) is 5.91 Å². The second-order valence-corrected chi connectivity index (χ2v) is 6.15. The number of carbonyl (C=O) groups is 2. The van der Waals surface area contributed by atoms with Crippen LogP contribution in [0.4, 0.5) is 0 Å². The summed E-state index contributed by atoms with van der Waals surface area (Å²) in [5.74, 6) is -0.0584. The number of methoxy groups -OCH3 is 1. The quantitative estimate of drug-likeness (QED) is 0.851. The number of fused-ring (bicyclic) bond motifs is 1. The summed E-state index contributed by atoms with van der Waals surface area (Å²) in [6.45, 7) is 4.07. The largest absolute Gasteiger partial charge is 0.483 e. The van der Waals surface area contributed by atoms with Gasteiger partial charge in [-0.3, -0.25) is 4.79 Å². The monoisotopic (exact) mass is 343 g/mol. The molecule has 0 saturated heterocycles. The van der Waals surface area contributed by atoms with E-state index < -0.39 is 12.0 Å². The Morgan fingerprint density at radius 3 is 2.88 bits per heavy atom. The van der Waals surface area contributed by atoms with Crippen molar-refractivity contribution in [2.45, 2.75) is 32.9 Å². The lowest BCUT2D eigenvalue weighted by Gasteiger charge is -2.33. The van der Waals surface area contributed by atoms with Gasteiger partial charge in [0.15, 0.2) is 6.61 Å². The highest BCUT2D eigenvalue weighted by atomic mass is 16.5. The van der Waals surface area contributed by atoms with Crippen molar-refractivity contribution in [2.24, 2.45) is 0 Å². The third-order valence-corrected chi connectivity index (χ3v) is 4.37. The number of carbonyl (C=O) groups excluding carboxylic acids is 2. The maximum Gasteiger partial charge on any atom is 0.329 e. The number of aromatic amines is 1. The minimum absolute atomic E-state index is 0.138. The van der Waals surface area contributed by atoms with E-state index in [1.54, 1.807) is 6.33 Å². The summed E-state index contributed by atoms with van der Waals surface area (Å²) in [6.07, 6.45) is 1.90. The van der Waals surface area contributed by atoms with Crippen molar-refractivity contribution in [1.29, 1.82) is 0 Å². The summed E-state index contributed by atoms with van der Waals surface area (Å²) < 4.78 is 10.5. The third-order valence-electron chi connectivity index (χ3n) is 4.37. The van der Waals surface area contributed by atoms with Crippen LogP contribution in [-0.4, -0.2) is 46.5 Å². The summed E-state index contributed by atoms with van der Waals surface area (Å²) in [4.78, 5) is 33.4. The Labute approximate surface area is 146 Å². The van der Waals surface area contributed by atoms with E-state index in [4.69, 9.17) is 9.47 Å². The highest BCUT2D eigenvalue weighted by molar-refractivity contribution is 5.86. The van der Waals surface area contributed by atoms with Crippen LogP contribution in [0.1, 0.15) is 22.5 Å². The van der Waals surface area contributed by atoms with E-state index in [-0.39, 0.29) is 19.1 Å². The number of nitrogens with zero attached hydrogens (tertiary/aromatic N) is 2. The number of benzene rings is 1. The molecule has 1 aromatic heterocycles. The van der Waals surface area contributed by atoms with Crippen molar-refractivity contribution in [3.05, 3.63) is 47.0 Å². The van der Waals surface area contributed by atoms with E-state index in [9.17, 15) is 9.59 Å². The van der Waals surface area contributed by atoms with E-state index in [0.29, 0.717) is 12.2 Å². The van der Waals surface area contributed by atoms with Crippen molar-refractivity contribution in [3.8, 4) is 5.75 Å². The molecule has 0 spiro atoms. The standard InChI is InChI=1S/C18H21N3O4/c1-11-4-5-16(12(2)6-11)25-9-17(22)21-8-14-13(19-10-20-14)7-15(21)18(23)24-3/h4-6,10,15H,7-9H2,1-3H3,(H,19,20). The first-order chi connectivity index (χ1) is 12.0. The van der Waals surface area contributed by atoms with E-state index in [2.05, 4.69) is 9.97 Å². The first kappa shape index (κ1) is 17.0. The number of nitrogens with one attached hydrogen (secondary N) is 1. The zero-order chi connectivity index (χ0) is 18.0. The van der Waals surface area contributed by atoms with Gasteiger partial charge < -0.3 is 19.4 Å². The number of ether oxygens (including phenoxy) is 2. The fourth-order valence-electron chi connectivity index (χ4n) is 3.03. The molecule has 1 aromatic carbocycles. The molecule has 1 amide bonds. The minimum Gasteiger partial charge on any atom is -0.483 e. The molecule has 0 bridgehead atoms. The first-order valence-electron chi connectivity index (χ1n) is 8.08. The normalized spacial score (nSPS) is 16.3. The molecule has 1 aliphatic rings. The highest BCUT2D eigenvalue weighted by Crippen LogP contribution is 2.23. The number of esters is 1. The zero-order valence-electron chi connectivity index (χ0n) is 14.5. The lowest BCUT2D eigenvalue weighted by atomic mass is 10.0. The molecular formula is C18H21N3O4. The number of amides is 1.